The van der Waals surface area contributed by atoms with Crippen molar-refractivity contribution in [1.82, 2.24) is 4.98 Å². The van der Waals surface area contributed by atoms with Gasteiger partial charge in [0.2, 0.25) is 0 Å². The van der Waals surface area contributed by atoms with Crippen LogP contribution in [-0.4, -0.2) is 23.2 Å². The summed E-state index contributed by atoms with van der Waals surface area (Å²) in [5.74, 6) is -1.23. The molecule has 0 fully saturated rings. The molecule has 2 aromatic rings. The van der Waals surface area contributed by atoms with E-state index in [0.29, 0.717) is 0 Å². The molecule has 18 heavy (non-hydrogen) atoms. The van der Waals surface area contributed by atoms with Crippen molar-refractivity contribution in [1.29, 1.82) is 0 Å². The molecule has 0 saturated carbocycles. The van der Waals surface area contributed by atoms with E-state index in [-0.39, 0.29) is 22.4 Å². The predicted molar refractivity (Wildman–Crippen MR) is 62.6 cm³/mol. The number of benzene rings is 1. The maximum Gasteiger partial charge on any atom is 0.338 e. The Kier molecular flexibility index (Phi) is 3.23. The molecular weight excluding hydrogens is 237 g/mol. The lowest BCUT2D eigenvalue weighted by Gasteiger charge is -2.08. The number of carbonyl (C=O) groups excluding carboxylic acids is 1. The van der Waals surface area contributed by atoms with E-state index in [0.717, 1.165) is 6.07 Å². The number of phenols is 1. The monoisotopic (exact) mass is 247 g/mol. The van der Waals surface area contributed by atoms with E-state index < -0.39 is 11.8 Å². The molecule has 1 aromatic carbocycles. The molecule has 0 aliphatic carbocycles. The van der Waals surface area contributed by atoms with Gasteiger partial charge in [-0.25, -0.2) is 9.18 Å². The molecule has 0 aliphatic heterocycles. The molecule has 4 nitrogen and oxygen atoms in total. The number of halogens is 1. The highest BCUT2D eigenvalue weighted by Gasteiger charge is 2.16. The number of phenolic OH excluding ortho intramolecular Hbond substituents is 1. The van der Waals surface area contributed by atoms with E-state index >= 15 is 0 Å². The van der Waals surface area contributed by atoms with Gasteiger partial charge in [-0.3, -0.25) is 4.98 Å². The quantitative estimate of drug-likeness (QED) is 0.828. The third-order valence-electron chi connectivity index (χ3n) is 2.47. The Labute approximate surface area is 103 Å². The fourth-order valence-corrected chi connectivity index (χ4v) is 1.62. The number of rotatable bonds is 2. The van der Waals surface area contributed by atoms with Crippen molar-refractivity contribution in [3.8, 4) is 16.9 Å². The zero-order chi connectivity index (χ0) is 13.1. The topological polar surface area (TPSA) is 59.4 Å². The zero-order valence-electron chi connectivity index (χ0n) is 9.55. The van der Waals surface area contributed by atoms with Crippen LogP contribution in [0.15, 0.2) is 36.7 Å². The van der Waals surface area contributed by atoms with Crippen LogP contribution >= 0.6 is 0 Å². The highest BCUT2D eigenvalue weighted by Crippen LogP contribution is 2.29. The Bertz CT molecular complexity index is 599. The van der Waals surface area contributed by atoms with Crippen LogP contribution in [0.25, 0.3) is 11.1 Å². The first-order valence-corrected chi connectivity index (χ1v) is 5.14. The highest BCUT2D eigenvalue weighted by atomic mass is 19.1. The van der Waals surface area contributed by atoms with Crippen LogP contribution in [0.1, 0.15) is 10.4 Å². The summed E-state index contributed by atoms with van der Waals surface area (Å²) in [4.78, 5) is 15.4. The summed E-state index contributed by atoms with van der Waals surface area (Å²) in [6, 6.07) is 5.02. The molecule has 0 unspecified atom stereocenters. The first kappa shape index (κ1) is 12.0. The SMILES string of the molecule is COC(=O)c1ccncc1-c1cc(O)ccc1F. The molecule has 0 radical (unpaired) electrons. The van der Waals surface area contributed by atoms with Crippen molar-refractivity contribution >= 4 is 5.97 Å². The molecule has 1 N–H and O–H groups in total. The van der Waals surface area contributed by atoms with Crippen LogP contribution in [0.5, 0.6) is 5.75 Å². The van der Waals surface area contributed by atoms with Crippen molar-refractivity contribution in [2.24, 2.45) is 0 Å². The first-order valence-electron chi connectivity index (χ1n) is 5.14. The van der Waals surface area contributed by atoms with Crippen LogP contribution in [0.4, 0.5) is 4.39 Å². The van der Waals surface area contributed by atoms with Crippen molar-refractivity contribution in [3.63, 3.8) is 0 Å². The average molecular weight is 247 g/mol. The Hall–Kier alpha value is -2.43. The van der Waals surface area contributed by atoms with E-state index in [1.807, 2.05) is 0 Å². The Morgan fingerprint density at radius 1 is 1.33 bits per heavy atom. The second-order valence-corrected chi connectivity index (χ2v) is 3.58. The molecule has 0 aliphatic rings. The van der Waals surface area contributed by atoms with Gasteiger partial charge >= 0.3 is 5.97 Å². The molecule has 0 spiro atoms. The number of methoxy groups -OCH3 is 1. The largest absolute Gasteiger partial charge is 0.508 e. The molecule has 92 valence electrons. The number of aromatic nitrogens is 1. The van der Waals surface area contributed by atoms with E-state index in [4.69, 9.17) is 0 Å². The molecule has 5 heteroatoms. The van der Waals surface area contributed by atoms with Gasteiger partial charge in [0.15, 0.2) is 0 Å². The normalized spacial score (nSPS) is 10.1. The number of ether oxygens (including phenoxy) is 1. The van der Waals surface area contributed by atoms with Crippen molar-refractivity contribution in [2.45, 2.75) is 0 Å². The minimum Gasteiger partial charge on any atom is -0.508 e. The summed E-state index contributed by atoms with van der Waals surface area (Å²) in [7, 11) is 1.24. The van der Waals surface area contributed by atoms with Crippen molar-refractivity contribution in [3.05, 3.63) is 48.0 Å². The number of hydrogen-bond acceptors (Lipinski definition) is 4. The second kappa shape index (κ2) is 4.83. The number of carbonyl (C=O) groups is 1. The second-order valence-electron chi connectivity index (χ2n) is 3.58. The van der Waals surface area contributed by atoms with Gasteiger partial charge in [0, 0.05) is 23.5 Å². The Morgan fingerprint density at radius 3 is 2.83 bits per heavy atom. The average Bonchev–Trinajstić information content (AvgIpc) is 2.40. The highest BCUT2D eigenvalue weighted by molar-refractivity contribution is 5.97. The molecule has 0 atom stereocenters. The summed E-state index contributed by atoms with van der Waals surface area (Å²) >= 11 is 0. The van der Waals surface area contributed by atoms with Gasteiger partial charge in [0.25, 0.3) is 0 Å². The van der Waals surface area contributed by atoms with Gasteiger partial charge in [0.05, 0.1) is 12.7 Å². The van der Waals surface area contributed by atoms with Gasteiger partial charge in [0.1, 0.15) is 11.6 Å². The summed E-state index contributed by atoms with van der Waals surface area (Å²) in [5.41, 5.74) is 0.568. The minimum absolute atomic E-state index is 0.0916. The standard InChI is InChI=1S/C13H10FNO3/c1-18-13(17)9-4-5-15-7-11(9)10-6-8(16)2-3-12(10)14/h2-7,16H,1H3. The van der Waals surface area contributed by atoms with Crippen molar-refractivity contribution < 1.29 is 19.0 Å². The molecule has 1 aromatic heterocycles. The van der Waals surface area contributed by atoms with E-state index in [1.165, 1.54) is 37.7 Å². The molecule has 1 heterocycles. The summed E-state index contributed by atoms with van der Waals surface area (Å²) in [6.45, 7) is 0. The number of pyridine rings is 1. The first-order chi connectivity index (χ1) is 8.63. The van der Waals surface area contributed by atoms with Gasteiger partial charge < -0.3 is 9.84 Å². The van der Waals surface area contributed by atoms with E-state index in [2.05, 4.69) is 9.72 Å². The smallest absolute Gasteiger partial charge is 0.338 e. The third-order valence-corrected chi connectivity index (χ3v) is 2.47. The fourth-order valence-electron chi connectivity index (χ4n) is 1.62. The fraction of sp³-hybridized carbons (Fsp3) is 0.0769. The molecule has 0 amide bonds. The van der Waals surface area contributed by atoms with Gasteiger partial charge in [-0.05, 0) is 24.3 Å². The summed E-state index contributed by atoms with van der Waals surface area (Å²) < 4.78 is 18.3. The van der Waals surface area contributed by atoms with Crippen LogP contribution < -0.4 is 0 Å². The maximum atomic E-state index is 13.7. The van der Waals surface area contributed by atoms with Crippen LogP contribution in [0.3, 0.4) is 0 Å². The summed E-state index contributed by atoms with van der Waals surface area (Å²) in [6.07, 6.45) is 2.76. The Balaban J connectivity index is 2.64. The molecular formula is C13H10FNO3. The molecule has 2 rings (SSSR count). The number of esters is 1. The molecule has 0 saturated heterocycles. The van der Waals surface area contributed by atoms with Gasteiger partial charge in [-0.1, -0.05) is 0 Å². The number of aromatic hydroxyl groups is 1. The lowest BCUT2D eigenvalue weighted by molar-refractivity contribution is 0.0601. The van der Waals surface area contributed by atoms with Gasteiger partial charge in [-0.15, -0.1) is 0 Å². The molecule has 0 bridgehead atoms. The number of nitrogens with zero attached hydrogens (tertiary/aromatic N) is 1. The summed E-state index contributed by atoms with van der Waals surface area (Å²) in [5, 5.41) is 9.38. The lowest BCUT2D eigenvalue weighted by Crippen LogP contribution is -2.04. The zero-order valence-corrected chi connectivity index (χ0v) is 9.55. The van der Waals surface area contributed by atoms with Crippen LogP contribution in [0.2, 0.25) is 0 Å². The third kappa shape index (κ3) is 2.15. The van der Waals surface area contributed by atoms with Crippen molar-refractivity contribution in [2.75, 3.05) is 7.11 Å². The van der Waals surface area contributed by atoms with Crippen LogP contribution in [-0.2, 0) is 4.74 Å². The predicted octanol–water partition coefficient (Wildman–Crippen LogP) is 2.38. The Morgan fingerprint density at radius 2 is 2.11 bits per heavy atom. The number of hydrogen-bond donors (Lipinski definition) is 1. The van der Waals surface area contributed by atoms with E-state index in [1.54, 1.807) is 0 Å². The lowest BCUT2D eigenvalue weighted by atomic mass is 10.0. The maximum absolute atomic E-state index is 13.7. The minimum atomic E-state index is -0.588. The van der Waals surface area contributed by atoms with Crippen LogP contribution in [0, 0.1) is 5.82 Å². The van der Waals surface area contributed by atoms with E-state index in [9.17, 15) is 14.3 Å². The van der Waals surface area contributed by atoms with Gasteiger partial charge in [-0.2, -0.15) is 0 Å².